The Morgan fingerprint density at radius 3 is 1.80 bits per heavy atom. The molecule has 0 saturated carbocycles. The molecular weight excluding hydrogens is 879 g/mol. The number of ether oxygens (including phenoxy) is 8. The van der Waals surface area contributed by atoms with Crippen molar-refractivity contribution in [3.8, 4) is 0 Å². The van der Waals surface area contributed by atoms with Crippen LogP contribution in [0.1, 0.15) is 70.9 Å². The zero-order valence-electron chi connectivity index (χ0n) is 40.3. The van der Waals surface area contributed by atoms with Crippen LogP contribution in [-0.2, 0) is 75.7 Å². The molecule has 2 aliphatic heterocycles. The van der Waals surface area contributed by atoms with E-state index in [1.165, 1.54) is 0 Å². The third-order valence-electron chi connectivity index (χ3n) is 12.7. The summed E-state index contributed by atoms with van der Waals surface area (Å²) in [6.07, 6.45) is 3.11. The molecule has 0 amide bonds. The summed E-state index contributed by atoms with van der Waals surface area (Å²) in [5, 5.41) is 1.08. The van der Waals surface area contributed by atoms with Gasteiger partial charge in [0.05, 0.1) is 51.6 Å². The maximum absolute atomic E-state index is 12.5. The van der Waals surface area contributed by atoms with Gasteiger partial charge in [-0.3, -0.25) is 4.79 Å². The summed E-state index contributed by atoms with van der Waals surface area (Å²) in [6.45, 7) is 8.80. The van der Waals surface area contributed by atoms with Crippen molar-refractivity contribution in [3.63, 3.8) is 0 Å². The molecule has 6 aromatic carbocycles. The first-order valence-corrected chi connectivity index (χ1v) is 24.3. The van der Waals surface area contributed by atoms with Gasteiger partial charge in [-0.1, -0.05) is 176 Å². The topological polar surface area (TPSA) is 95.8 Å². The normalized spacial score (nSPS) is 21.1. The summed E-state index contributed by atoms with van der Waals surface area (Å²) >= 11 is 0. The Hall–Kier alpha value is -6.21. The molecule has 1 aromatic heterocycles. The predicted octanol–water partition coefficient (Wildman–Crippen LogP) is 11.5. The molecule has 2 aliphatic rings. The largest absolute Gasteiger partial charge is 0.463 e. The fourth-order valence-electron chi connectivity index (χ4n) is 9.28. The van der Waals surface area contributed by atoms with E-state index in [-0.39, 0.29) is 31.7 Å². The third-order valence-corrected chi connectivity index (χ3v) is 12.7. The molecule has 0 radical (unpaired) electrons. The smallest absolute Gasteiger partial charge is 0.309 e. The molecule has 0 bridgehead atoms. The Morgan fingerprint density at radius 1 is 0.643 bits per heavy atom. The van der Waals surface area contributed by atoms with Crippen LogP contribution in [0.5, 0.6) is 0 Å². The van der Waals surface area contributed by atoms with Gasteiger partial charge in [0.1, 0.15) is 43.2 Å². The summed E-state index contributed by atoms with van der Waals surface area (Å²) in [4.78, 5) is 12.5. The average molecular weight is 942 g/mol. The van der Waals surface area contributed by atoms with Crippen molar-refractivity contribution in [2.45, 2.75) is 103 Å². The number of aryl methyl sites for hydroxylation is 1. The van der Waals surface area contributed by atoms with Gasteiger partial charge < -0.3 is 42.5 Å². The molecule has 3 heterocycles. The van der Waals surface area contributed by atoms with Gasteiger partial charge in [-0.15, -0.1) is 0 Å². The quantitative estimate of drug-likeness (QED) is 0.0653. The monoisotopic (exact) mass is 941 g/mol. The van der Waals surface area contributed by atoms with Crippen LogP contribution in [-0.4, -0.2) is 66.7 Å². The fraction of sp³-hybridized carbons (Fsp3) is 0.317. The van der Waals surface area contributed by atoms with Gasteiger partial charge in [-0.2, -0.15) is 0 Å². The first-order valence-electron chi connectivity index (χ1n) is 24.3. The molecule has 10 nitrogen and oxygen atoms in total. The second-order valence-electron chi connectivity index (χ2n) is 18.5. The Kier molecular flexibility index (Phi) is 16.5. The van der Waals surface area contributed by atoms with Crippen LogP contribution in [0.3, 0.4) is 0 Å². The van der Waals surface area contributed by atoms with E-state index in [1.807, 2.05) is 98.8 Å². The number of hydrogen-bond acceptors (Lipinski definition) is 9. The summed E-state index contributed by atoms with van der Waals surface area (Å²) in [5.74, 6) is -0.965. The first kappa shape index (κ1) is 48.8. The number of hydrogen-bond donors (Lipinski definition) is 0. The Bertz CT molecular complexity index is 2740. The van der Waals surface area contributed by atoms with Gasteiger partial charge in [0.15, 0.2) is 5.79 Å². The summed E-state index contributed by atoms with van der Waals surface area (Å²) in [5.41, 5.74) is 9.59. The summed E-state index contributed by atoms with van der Waals surface area (Å²) < 4.78 is 54.2. The lowest BCUT2D eigenvalue weighted by Gasteiger charge is -2.46. The molecule has 0 unspecified atom stereocenters. The lowest BCUT2D eigenvalue weighted by atomic mass is 9.90. The molecule has 0 N–H and O–H groups in total. The molecule has 0 aliphatic carbocycles. The molecule has 6 atom stereocenters. The predicted molar refractivity (Wildman–Crippen MR) is 271 cm³/mol. The SMILES string of the molecule is Cc1cccc2c([C@@H]3O[C@H](COCc4ccccc4)[C@@H](OCc4ccccc4)[C@H](OCc4ccccc4)[C@H]3OCc3ccccc3)cn(Cc3ccc(C=CCC(=O)OC[C@@H]4COC(C)(C)O4)cc3)c12. The van der Waals surface area contributed by atoms with Gasteiger partial charge in [-0.05, 0) is 59.7 Å². The Labute approximate surface area is 411 Å². The van der Waals surface area contributed by atoms with Crippen molar-refractivity contribution in [3.05, 3.63) is 221 Å². The molecule has 7 aromatic rings. The molecular formula is C60H63NO9. The molecule has 362 valence electrons. The van der Waals surface area contributed by atoms with Crippen LogP contribution < -0.4 is 0 Å². The van der Waals surface area contributed by atoms with Gasteiger partial charge in [0.2, 0.25) is 0 Å². The van der Waals surface area contributed by atoms with Crippen molar-refractivity contribution in [1.29, 1.82) is 0 Å². The van der Waals surface area contributed by atoms with Crippen LogP contribution in [0.2, 0.25) is 0 Å². The number of rotatable bonds is 21. The number of para-hydroxylation sites is 1. The van der Waals surface area contributed by atoms with Crippen LogP contribution in [0.25, 0.3) is 17.0 Å². The second kappa shape index (κ2) is 23.6. The second-order valence-corrected chi connectivity index (χ2v) is 18.5. The number of carbonyl (C=O) groups is 1. The van der Waals surface area contributed by atoms with E-state index in [2.05, 4.69) is 109 Å². The van der Waals surface area contributed by atoms with Crippen molar-refractivity contribution < 1.29 is 42.7 Å². The zero-order chi connectivity index (χ0) is 48.1. The van der Waals surface area contributed by atoms with E-state index < -0.39 is 36.3 Å². The van der Waals surface area contributed by atoms with Crippen LogP contribution in [0, 0.1) is 6.92 Å². The van der Waals surface area contributed by atoms with Crippen LogP contribution in [0.15, 0.2) is 176 Å². The van der Waals surface area contributed by atoms with Gasteiger partial charge >= 0.3 is 5.97 Å². The Morgan fingerprint density at radius 2 is 1.21 bits per heavy atom. The number of aromatic nitrogens is 1. The molecule has 2 saturated heterocycles. The van der Waals surface area contributed by atoms with Crippen molar-refractivity contribution in [2.24, 2.45) is 0 Å². The summed E-state index contributed by atoms with van der Waals surface area (Å²) in [6, 6.07) is 55.7. The number of carbonyl (C=O) groups excluding carboxylic acids is 1. The van der Waals surface area contributed by atoms with E-state index >= 15 is 0 Å². The van der Waals surface area contributed by atoms with Crippen LogP contribution in [0.4, 0.5) is 0 Å². The molecule has 9 rings (SSSR count). The van der Waals surface area contributed by atoms with Crippen molar-refractivity contribution in [1.82, 2.24) is 4.57 Å². The number of nitrogens with zero attached hydrogens (tertiary/aromatic N) is 1. The molecule has 10 heteroatoms. The van der Waals surface area contributed by atoms with Gasteiger partial charge in [0.25, 0.3) is 0 Å². The van der Waals surface area contributed by atoms with E-state index in [1.54, 1.807) is 0 Å². The molecule has 0 spiro atoms. The number of esters is 1. The van der Waals surface area contributed by atoms with Gasteiger partial charge in [0, 0.05) is 23.7 Å². The lowest BCUT2D eigenvalue weighted by molar-refractivity contribution is -0.274. The summed E-state index contributed by atoms with van der Waals surface area (Å²) in [7, 11) is 0. The Balaban J connectivity index is 1.01. The fourth-order valence-corrected chi connectivity index (χ4v) is 9.28. The highest BCUT2D eigenvalue weighted by Gasteiger charge is 2.50. The third kappa shape index (κ3) is 12.9. The highest BCUT2D eigenvalue weighted by molar-refractivity contribution is 5.87. The average Bonchev–Trinajstić information content (AvgIpc) is 3.94. The maximum Gasteiger partial charge on any atom is 0.309 e. The molecule has 2 fully saturated rings. The first-order chi connectivity index (χ1) is 34.2. The highest BCUT2D eigenvalue weighted by atomic mass is 16.7. The minimum Gasteiger partial charge on any atom is -0.463 e. The van der Waals surface area contributed by atoms with E-state index in [0.29, 0.717) is 39.6 Å². The lowest BCUT2D eigenvalue weighted by Crippen LogP contribution is -2.58. The highest BCUT2D eigenvalue weighted by Crippen LogP contribution is 2.42. The number of benzene rings is 6. The molecule has 70 heavy (non-hydrogen) atoms. The standard InChI is InChI=1S/C60H63NO9/c1-43-18-16-28-51-52(35-61(55(43)51)34-45-32-30-44(31-33-45)27-17-29-54(62)64-40-50-41-68-60(2,3)70-50)56-58(66-38-48-23-12-6-13-24-48)59(67-39-49-25-14-7-15-26-49)57(65-37-47-21-10-5-11-22-47)53(69-56)42-63-36-46-19-8-4-9-20-46/h4-28,30-33,35,50,53,56-59H,29,34,36-42H2,1-3H3/t50-,53-,56+,57-,58+,59+/m1/s1. The van der Waals surface area contributed by atoms with Crippen molar-refractivity contribution >= 4 is 22.9 Å². The van der Waals surface area contributed by atoms with Crippen LogP contribution >= 0.6 is 0 Å². The minimum atomic E-state index is -0.657. The van der Waals surface area contributed by atoms with E-state index in [0.717, 1.165) is 55.4 Å². The number of fused-ring (bicyclic) bond motifs is 1. The van der Waals surface area contributed by atoms with Gasteiger partial charge in [-0.25, -0.2) is 0 Å². The minimum absolute atomic E-state index is 0.160. The maximum atomic E-state index is 12.5. The van der Waals surface area contributed by atoms with E-state index in [4.69, 9.17) is 37.9 Å². The van der Waals surface area contributed by atoms with Crippen molar-refractivity contribution in [2.75, 3.05) is 19.8 Å². The zero-order valence-corrected chi connectivity index (χ0v) is 40.3. The van der Waals surface area contributed by atoms with E-state index in [9.17, 15) is 4.79 Å².